The zero-order chi connectivity index (χ0) is 10.7. The van der Waals surface area contributed by atoms with Crippen LogP contribution in [0, 0.1) is 6.92 Å². The minimum absolute atomic E-state index is 0.241. The molecule has 0 radical (unpaired) electrons. The van der Waals surface area contributed by atoms with Crippen molar-refractivity contribution in [2.24, 2.45) is 5.73 Å². The van der Waals surface area contributed by atoms with Gasteiger partial charge in [0.05, 0.1) is 0 Å². The third-order valence-corrected chi connectivity index (χ3v) is 3.45. The Kier molecular flexibility index (Phi) is 3.14. The van der Waals surface area contributed by atoms with E-state index in [1.807, 2.05) is 25.1 Å². The van der Waals surface area contributed by atoms with Crippen molar-refractivity contribution in [3.8, 4) is 0 Å². The second-order valence-corrected chi connectivity index (χ2v) is 4.42. The molecule has 1 aromatic heterocycles. The van der Waals surface area contributed by atoms with E-state index in [1.165, 1.54) is 5.56 Å². The first-order valence-corrected chi connectivity index (χ1v) is 5.86. The van der Waals surface area contributed by atoms with Gasteiger partial charge < -0.3 is 5.73 Å². The van der Waals surface area contributed by atoms with Crippen LogP contribution in [-0.4, -0.2) is 11.5 Å². The van der Waals surface area contributed by atoms with E-state index in [4.69, 9.17) is 5.73 Å². The molecule has 2 nitrogen and oxygen atoms in total. The van der Waals surface area contributed by atoms with E-state index >= 15 is 0 Å². The van der Waals surface area contributed by atoms with Crippen LogP contribution in [0.3, 0.4) is 0 Å². The van der Waals surface area contributed by atoms with Crippen molar-refractivity contribution in [1.29, 1.82) is 0 Å². The summed E-state index contributed by atoms with van der Waals surface area (Å²) in [4.78, 5) is 4.50. The Hall–Kier alpha value is -1.19. The fraction of sp³-hybridized carbons (Fsp3) is 0.250. The Morgan fingerprint density at radius 1 is 1.33 bits per heavy atom. The summed E-state index contributed by atoms with van der Waals surface area (Å²) < 4.78 is 0. The van der Waals surface area contributed by atoms with Gasteiger partial charge in [0.15, 0.2) is 0 Å². The highest BCUT2D eigenvalue weighted by Crippen LogP contribution is 2.25. The van der Waals surface area contributed by atoms with Gasteiger partial charge in [0, 0.05) is 23.5 Å². The minimum atomic E-state index is 0.241. The number of hydrogen-bond acceptors (Lipinski definition) is 3. The standard InChI is InChI=1S/C12H14N2S/c1-9-8-15-12(14-9)11(7-13)10-5-3-2-4-6-10/h2-6,8,11H,7,13H2,1H3. The normalized spacial score (nSPS) is 12.7. The molecule has 0 saturated carbocycles. The lowest BCUT2D eigenvalue weighted by atomic mass is 10.0. The van der Waals surface area contributed by atoms with Gasteiger partial charge in [0.2, 0.25) is 0 Å². The van der Waals surface area contributed by atoms with Gasteiger partial charge >= 0.3 is 0 Å². The first kappa shape index (κ1) is 10.3. The number of aryl methyl sites for hydroxylation is 1. The van der Waals surface area contributed by atoms with Crippen LogP contribution in [0.1, 0.15) is 22.2 Å². The van der Waals surface area contributed by atoms with Gasteiger partial charge in [-0.05, 0) is 12.5 Å². The van der Waals surface area contributed by atoms with E-state index in [0.29, 0.717) is 6.54 Å². The maximum absolute atomic E-state index is 5.81. The lowest BCUT2D eigenvalue weighted by Gasteiger charge is -2.11. The smallest absolute Gasteiger partial charge is 0.102 e. The molecule has 0 spiro atoms. The second kappa shape index (κ2) is 4.55. The summed E-state index contributed by atoms with van der Waals surface area (Å²) in [5.41, 5.74) is 8.13. The molecule has 0 aliphatic carbocycles. The Morgan fingerprint density at radius 2 is 2.07 bits per heavy atom. The molecule has 0 fully saturated rings. The van der Waals surface area contributed by atoms with E-state index in [0.717, 1.165) is 10.7 Å². The number of benzene rings is 1. The highest BCUT2D eigenvalue weighted by atomic mass is 32.1. The largest absolute Gasteiger partial charge is 0.329 e. The molecular weight excluding hydrogens is 204 g/mol. The topological polar surface area (TPSA) is 38.9 Å². The Morgan fingerprint density at radius 3 is 2.60 bits per heavy atom. The van der Waals surface area contributed by atoms with Gasteiger partial charge in [-0.2, -0.15) is 0 Å². The molecule has 0 amide bonds. The second-order valence-electron chi connectivity index (χ2n) is 3.53. The van der Waals surface area contributed by atoms with E-state index in [1.54, 1.807) is 11.3 Å². The SMILES string of the molecule is Cc1csc(C(CN)c2ccccc2)n1. The van der Waals surface area contributed by atoms with Crippen LogP contribution in [0.4, 0.5) is 0 Å². The number of nitrogens with two attached hydrogens (primary N) is 1. The van der Waals surface area contributed by atoms with Crippen molar-refractivity contribution in [2.75, 3.05) is 6.54 Å². The first-order valence-electron chi connectivity index (χ1n) is 4.98. The number of rotatable bonds is 3. The molecule has 1 atom stereocenters. The Balaban J connectivity index is 2.33. The summed E-state index contributed by atoms with van der Waals surface area (Å²) in [7, 11) is 0. The van der Waals surface area contributed by atoms with E-state index in [9.17, 15) is 0 Å². The van der Waals surface area contributed by atoms with Gasteiger partial charge in [-0.15, -0.1) is 11.3 Å². The number of thiazole rings is 1. The maximum Gasteiger partial charge on any atom is 0.102 e. The zero-order valence-electron chi connectivity index (χ0n) is 8.68. The van der Waals surface area contributed by atoms with Crippen LogP contribution < -0.4 is 5.73 Å². The third kappa shape index (κ3) is 2.25. The average molecular weight is 218 g/mol. The summed E-state index contributed by atoms with van der Waals surface area (Å²) in [6.45, 7) is 2.62. The van der Waals surface area contributed by atoms with Crippen LogP contribution in [-0.2, 0) is 0 Å². The molecule has 3 heteroatoms. The van der Waals surface area contributed by atoms with Crippen molar-refractivity contribution in [3.63, 3.8) is 0 Å². The molecule has 0 saturated heterocycles. The fourth-order valence-electron chi connectivity index (χ4n) is 1.60. The summed E-state index contributed by atoms with van der Waals surface area (Å²) >= 11 is 1.69. The van der Waals surface area contributed by atoms with Crippen LogP contribution in [0.5, 0.6) is 0 Å². The predicted octanol–water partition coefficient (Wildman–Crippen LogP) is 2.54. The third-order valence-electron chi connectivity index (χ3n) is 2.37. The molecular formula is C12H14N2S. The molecule has 2 rings (SSSR count). The molecule has 0 aliphatic heterocycles. The molecule has 2 N–H and O–H groups in total. The van der Waals surface area contributed by atoms with Crippen molar-refractivity contribution < 1.29 is 0 Å². The van der Waals surface area contributed by atoms with Crippen LogP contribution in [0.25, 0.3) is 0 Å². The van der Waals surface area contributed by atoms with E-state index in [2.05, 4.69) is 22.5 Å². The number of hydrogen-bond donors (Lipinski definition) is 1. The lowest BCUT2D eigenvalue weighted by molar-refractivity contribution is 0.806. The van der Waals surface area contributed by atoms with Crippen LogP contribution in [0.2, 0.25) is 0 Å². The fourth-order valence-corrected chi connectivity index (χ4v) is 2.53. The quantitative estimate of drug-likeness (QED) is 0.860. The number of aromatic nitrogens is 1. The van der Waals surface area contributed by atoms with Gasteiger partial charge in [0.1, 0.15) is 5.01 Å². The van der Waals surface area contributed by atoms with Crippen molar-refractivity contribution in [3.05, 3.63) is 52.0 Å². The van der Waals surface area contributed by atoms with E-state index < -0.39 is 0 Å². The van der Waals surface area contributed by atoms with Gasteiger partial charge in [-0.1, -0.05) is 30.3 Å². The predicted molar refractivity (Wildman–Crippen MR) is 64.2 cm³/mol. The van der Waals surface area contributed by atoms with Gasteiger partial charge in [-0.3, -0.25) is 0 Å². The molecule has 78 valence electrons. The summed E-state index contributed by atoms with van der Waals surface area (Å²) in [6, 6.07) is 10.3. The van der Waals surface area contributed by atoms with E-state index in [-0.39, 0.29) is 5.92 Å². The monoisotopic (exact) mass is 218 g/mol. The lowest BCUT2D eigenvalue weighted by Crippen LogP contribution is -2.13. The summed E-state index contributed by atoms with van der Waals surface area (Å²) in [6.07, 6.45) is 0. The average Bonchev–Trinajstić information content (AvgIpc) is 2.68. The molecule has 1 aromatic carbocycles. The highest BCUT2D eigenvalue weighted by molar-refractivity contribution is 7.09. The highest BCUT2D eigenvalue weighted by Gasteiger charge is 2.14. The van der Waals surface area contributed by atoms with Gasteiger partial charge in [0.25, 0.3) is 0 Å². The summed E-state index contributed by atoms with van der Waals surface area (Å²) in [5.74, 6) is 0.241. The maximum atomic E-state index is 5.81. The zero-order valence-corrected chi connectivity index (χ0v) is 9.50. The Bertz CT molecular complexity index is 422. The minimum Gasteiger partial charge on any atom is -0.329 e. The molecule has 0 bridgehead atoms. The summed E-state index contributed by atoms with van der Waals surface area (Å²) in [5, 5.41) is 3.18. The molecule has 15 heavy (non-hydrogen) atoms. The molecule has 2 aromatic rings. The van der Waals surface area contributed by atoms with Crippen LogP contribution in [0.15, 0.2) is 35.7 Å². The van der Waals surface area contributed by atoms with Crippen molar-refractivity contribution in [1.82, 2.24) is 4.98 Å². The Labute approximate surface area is 93.8 Å². The van der Waals surface area contributed by atoms with Crippen molar-refractivity contribution in [2.45, 2.75) is 12.8 Å². The molecule has 1 heterocycles. The first-order chi connectivity index (χ1) is 7.31. The molecule has 0 aliphatic rings. The van der Waals surface area contributed by atoms with Gasteiger partial charge in [-0.25, -0.2) is 4.98 Å². The van der Waals surface area contributed by atoms with Crippen molar-refractivity contribution >= 4 is 11.3 Å². The molecule has 1 unspecified atom stereocenters. The van der Waals surface area contributed by atoms with Crippen LogP contribution >= 0.6 is 11.3 Å². The number of nitrogens with zero attached hydrogens (tertiary/aromatic N) is 1.